The molecule has 1 aromatic heterocycles. The maximum atomic E-state index is 12.8. The maximum absolute atomic E-state index is 12.8. The van der Waals surface area contributed by atoms with Gasteiger partial charge in [0.1, 0.15) is 0 Å². The van der Waals surface area contributed by atoms with Crippen LogP contribution in [0.1, 0.15) is 44.1 Å². The van der Waals surface area contributed by atoms with Crippen molar-refractivity contribution >= 4 is 17.0 Å². The first kappa shape index (κ1) is 22.3. The van der Waals surface area contributed by atoms with Gasteiger partial charge in [0.2, 0.25) is 0 Å². The number of hydrogen-bond acceptors (Lipinski definition) is 4. The molecule has 1 aliphatic rings. The molecule has 1 N–H and O–H groups in total. The lowest BCUT2D eigenvalue weighted by Crippen LogP contribution is -2.35. The van der Waals surface area contributed by atoms with Gasteiger partial charge in [0.15, 0.2) is 0 Å². The number of alkyl halides is 3. The van der Waals surface area contributed by atoms with Gasteiger partial charge in [0, 0.05) is 6.54 Å². The molecule has 170 valence electrons. The summed E-state index contributed by atoms with van der Waals surface area (Å²) in [6, 6.07) is 13.4. The fourth-order valence-electron chi connectivity index (χ4n) is 4.25. The van der Waals surface area contributed by atoms with E-state index in [4.69, 9.17) is 4.84 Å². The minimum absolute atomic E-state index is 0.104. The molecule has 0 spiro atoms. The molecule has 0 bridgehead atoms. The molecule has 1 fully saturated rings. The Bertz CT molecular complexity index is 1040. The Labute approximate surface area is 184 Å². The minimum Gasteiger partial charge on any atom is -0.360 e. The summed E-state index contributed by atoms with van der Waals surface area (Å²) >= 11 is 0. The van der Waals surface area contributed by atoms with Crippen LogP contribution in [0, 0.1) is 5.92 Å². The second kappa shape index (κ2) is 9.73. The van der Waals surface area contributed by atoms with Crippen molar-refractivity contribution in [1.82, 2.24) is 15.0 Å². The molecule has 0 atom stereocenters. The van der Waals surface area contributed by atoms with Crippen molar-refractivity contribution < 1.29 is 22.8 Å². The Morgan fingerprint density at radius 2 is 1.78 bits per heavy atom. The largest absolute Gasteiger partial charge is 0.492 e. The van der Waals surface area contributed by atoms with Crippen LogP contribution in [0.4, 0.5) is 13.2 Å². The number of rotatable bonds is 7. The summed E-state index contributed by atoms with van der Waals surface area (Å²) in [5.74, 6) is -1.71. The molecule has 5 nitrogen and oxygen atoms in total. The number of hydrogen-bond donors (Lipinski definition) is 1. The van der Waals surface area contributed by atoms with Crippen molar-refractivity contribution in [3.8, 4) is 11.1 Å². The first-order valence-corrected chi connectivity index (χ1v) is 10.9. The monoisotopic (exact) mass is 445 g/mol. The van der Waals surface area contributed by atoms with Gasteiger partial charge in [-0.2, -0.15) is 13.2 Å². The highest BCUT2D eigenvalue weighted by Gasteiger charge is 2.42. The topological polar surface area (TPSA) is 58.2 Å². The van der Waals surface area contributed by atoms with Crippen LogP contribution in [-0.4, -0.2) is 33.7 Å². The zero-order valence-electron chi connectivity index (χ0n) is 17.7. The third kappa shape index (κ3) is 5.68. The van der Waals surface area contributed by atoms with Crippen molar-refractivity contribution in [2.45, 2.75) is 51.2 Å². The third-order valence-corrected chi connectivity index (χ3v) is 6.02. The van der Waals surface area contributed by atoms with Gasteiger partial charge in [-0.05, 0) is 41.2 Å². The van der Waals surface area contributed by atoms with Crippen molar-refractivity contribution in [3.05, 3.63) is 54.4 Å². The highest BCUT2D eigenvalue weighted by molar-refractivity contribution is 5.81. The van der Waals surface area contributed by atoms with Crippen LogP contribution >= 0.6 is 0 Å². The molecule has 4 rings (SSSR count). The number of benzene rings is 2. The smallest absolute Gasteiger partial charge is 0.360 e. The number of carbonyl (C=O) groups excluding carboxylic acids is 1. The lowest BCUT2D eigenvalue weighted by Gasteiger charge is -2.26. The Morgan fingerprint density at radius 1 is 1.06 bits per heavy atom. The van der Waals surface area contributed by atoms with Gasteiger partial charge in [0.05, 0.1) is 23.9 Å². The predicted molar refractivity (Wildman–Crippen MR) is 115 cm³/mol. The van der Waals surface area contributed by atoms with Crippen molar-refractivity contribution in [2.24, 2.45) is 5.92 Å². The Hall–Kier alpha value is -2.87. The fourth-order valence-corrected chi connectivity index (χ4v) is 4.25. The van der Waals surface area contributed by atoms with E-state index in [1.807, 2.05) is 42.5 Å². The highest BCUT2D eigenvalue weighted by Crippen LogP contribution is 2.28. The quantitative estimate of drug-likeness (QED) is 0.452. The van der Waals surface area contributed by atoms with Crippen LogP contribution in [0.2, 0.25) is 0 Å². The van der Waals surface area contributed by atoms with E-state index in [-0.39, 0.29) is 13.1 Å². The number of carbonyl (C=O) groups is 1. The number of imidazole rings is 1. The summed E-state index contributed by atoms with van der Waals surface area (Å²) in [4.78, 5) is 23.5. The molecule has 0 aliphatic heterocycles. The molecule has 2 aromatic carbocycles. The Balaban J connectivity index is 1.44. The molecule has 0 amide bonds. The molecular formula is C24H26F3N3O2. The van der Waals surface area contributed by atoms with Crippen LogP contribution in [0.25, 0.3) is 22.2 Å². The average Bonchev–Trinajstić information content (AvgIpc) is 3.26. The number of aromatic amines is 1. The van der Waals surface area contributed by atoms with E-state index in [0.29, 0.717) is 12.3 Å². The molecule has 1 heterocycles. The van der Waals surface area contributed by atoms with E-state index in [2.05, 4.69) is 9.97 Å². The number of H-pyrrole nitrogens is 1. The van der Waals surface area contributed by atoms with Gasteiger partial charge in [-0.1, -0.05) is 62.4 Å². The third-order valence-electron chi connectivity index (χ3n) is 6.02. The second-order valence-corrected chi connectivity index (χ2v) is 8.36. The van der Waals surface area contributed by atoms with Crippen LogP contribution in [0.5, 0.6) is 0 Å². The minimum atomic E-state index is -5.02. The number of fused-ring (bicyclic) bond motifs is 1. The van der Waals surface area contributed by atoms with Crippen molar-refractivity contribution in [3.63, 3.8) is 0 Å². The van der Waals surface area contributed by atoms with Gasteiger partial charge < -0.3 is 9.82 Å². The summed E-state index contributed by atoms with van der Waals surface area (Å²) in [5.41, 5.74) is 4.55. The molecular weight excluding hydrogens is 419 g/mol. The number of hydroxylamine groups is 2. The summed E-state index contributed by atoms with van der Waals surface area (Å²) in [7, 11) is 0. The van der Waals surface area contributed by atoms with Crippen molar-refractivity contribution in [1.29, 1.82) is 0 Å². The normalized spacial score (nSPS) is 15.4. The first-order chi connectivity index (χ1) is 15.4. The predicted octanol–water partition coefficient (Wildman–Crippen LogP) is 6.02. The Morgan fingerprint density at radius 3 is 2.50 bits per heavy atom. The summed E-state index contributed by atoms with van der Waals surface area (Å²) < 4.78 is 38.3. The summed E-state index contributed by atoms with van der Waals surface area (Å²) in [6.07, 6.45) is 3.01. The van der Waals surface area contributed by atoms with Crippen LogP contribution in [-0.2, 0) is 16.2 Å². The zero-order chi connectivity index (χ0) is 22.6. The number of aromatic nitrogens is 2. The van der Waals surface area contributed by atoms with E-state index in [9.17, 15) is 18.0 Å². The van der Waals surface area contributed by atoms with Gasteiger partial charge in [0.25, 0.3) is 0 Å². The number of nitrogens with zero attached hydrogens (tertiary/aromatic N) is 2. The highest BCUT2D eigenvalue weighted by atomic mass is 19.4. The lowest BCUT2D eigenvalue weighted by molar-refractivity contribution is -0.241. The van der Waals surface area contributed by atoms with Crippen LogP contribution < -0.4 is 0 Å². The number of halogens is 3. The molecule has 8 heteroatoms. The maximum Gasteiger partial charge on any atom is 0.492 e. The molecule has 32 heavy (non-hydrogen) atoms. The van der Waals surface area contributed by atoms with Gasteiger partial charge in [-0.25, -0.2) is 9.78 Å². The lowest BCUT2D eigenvalue weighted by atomic mass is 9.87. The van der Waals surface area contributed by atoms with E-state index in [0.717, 1.165) is 58.5 Å². The molecule has 1 aliphatic carbocycles. The molecule has 0 unspecified atom stereocenters. The molecule has 1 saturated carbocycles. The van der Waals surface area contributed by atoms with E-state index < -0.39 is 12.1 Å². The zero-order valence-corrected chi connectivity index (χ0v) is 17.7. The van der Waals surface area contributed by atoms with Gasteiger partial charge in [-0.3, -0.25) is 0 Å². The van der Waals surface area contributed by atoms with E-state index >= 15 is 0 Å². The SMILES string of the molecule is O=C(ON(CCC1CCCCC1)Cc1ccc(-c2ccc3[nH]cnc3c2)cc1)C(F)(F)F. The molecule has 0 saturated heterocycles. The first-order valence-electron chi connectivity index (χ1n) is 10.9. The van der Waals surface area contributed by atoms with Crippen LogP contribution in [0.15, 0.2) is 48.8 Å². The number of nitrogens with one attached hydrogen (secondary N) is 1. The fraction of sp³-hybridized carbons (Fsp3) is 0.417. The van der Waals surface area contributed by atoms with E-state index in [1.165, 1.54) is 6.42 Å². The summed E-state index contributed by atoms with van der Waals surface area (Å²) in [6.45, 7) is 0.386. The molecule has 0 radical (unpaired) electrons. The van der Waals surface area contributed by atoms with E-state index in [1.54, 1.807) is 6.33 Å². The van der Waals surface area contributed by atoms with Gasteiger partial charge in [-0.15, -0.1) is 5.06 Å². The summed E-state index contributed by atoms with van der Waals surface area (Å²) in [5, 5.41) is 1.15. The Kier molecular flexibility index (Phi) is 6.79. The standard InChI is InChI=1S/C24H26F3N3O2/c25-24(26,27)23(31)32-30(13-12-17-4-2-1-3-5-17)15-18-6-8-19(9-7-18)20-10-11-21-22(14-20)29-16-28-21/h6-11,14,16-17H,1-5,12-13,15H2,(H,28,29). The van der Waals surface area contributed by atoms with Gasteiger partial charge >= 0.3 is 12.1 Å². The van der Waals surface area contributed by atoms with Crippen molar-refractivity contribution in [2.75, 3.05) is 6.54 Å². The molecule has 3 aromatic rings. The average molecular weight is 445 g/mol. The van der Waals surface area contributed by atoms with Crippen LogP contribution in [0.3, 0.4) is 0 Å². The second-order valence-electron chi connectivity index (χ2n) is 8.36.